The van der Waals surface area contributed by atoms with E-state index in [1.807, 2.05) is 31.2 Å². The average molecular weight is 412 g/mol. The maximum atomic E-state index is 13.2. The number of carbonyl (C=O) groups excluding carboxylic acids is 2. The van der Waals surface area contributed by atoms with Crippen LogP contribution in [0.4, 0.5) is 5.69 Å². The van der Waals surface area contributed by atoms with Crippen LogP contribution in [0, 0.1) is 0 Å². The summed E-state index contributed by atoms with van der Waals surface area (Å²) in [5.74, 6) is -0.0683. The predicted octanol–water partition coefficient (Wildman–Crippen LogP) is 5.01. The van der Waals surface area contributed by atoms with Crippen molar-refractivity contribution in [3.8, 4) is 5.75 Å². The molecule has 29 heavy (non-hydrogen) atoms. The Morgan fingerprint density at radius 3 is 2.28 bits per heavy atom. The van der Waals surface area contributed by atoms with Crippen LogP contribution in [0.5, 0.6) is 5.75 Å². The molecular formula is C23H22ClNO4. The fourth-order valence-corrected chi connectivity index (χ4v) is 3.30. The molecule has 1 amide bonds. The third-order valence-corrected chi connectivity index (χ3v) is 4.72. The normalized spacial score (nSPS) is 15.2. The molecule has 0 bridgehead atoms. The minimum atomic E-state index is -0.521. The van der Waals surface area contributed by atoms with Crippen molar-refractivity contribution in [3.05, 3.63) is 76.0 Å². The van der Waals surface area contributed by atoms with Crippen molar-refractivity contribution < 1.29 is 19.1 Å². The summed E-state index contributed by atoms with van der Waals surface area (Å²) in [6, 6.07) is 14.2. The lowest BCUT2D eigenvalue weighted by Crippen LogP contribution is -2.24. The summed E-state index contributed by atoms with van der Waals surface area (Å²) in [5.41, 5.74) is 2.49. The van der Waals surface area contributed by atoms with E-state index in [2.05, 4.69) is 0 Å². The lowest BCUT2D eigenvalue weighted by molar-refractivity contribution is -0.138. The Morgan fingerprint density at radius 2 is 1.69 bits per heavy atom. The van der Waals surface area contributed by atoms with Gasteiger partial charge in [0.05, 0.1) is 24.4 Å². The second kappa shape index (κ2) is 8.97. The van der Waals surface area contributed by atoms with Gasteiger partial charge in [-0.05, 0) is 68.8 Å². The van der Waals surface area contributed by atoms with Gasteiger partial charge in [0.2, 0.25) is 0 Å². The summed E-state index contributed by atoms with van der Waals surface area (Å²) in [7, 11) is 0. The lowest BCUT2D eigenvalue weighted by Gasteiger charge is -2.18. The molecule has 2 aromatic rings. The molecule has 5 nitrogen and oxygen atoms in total. The molecule has 0 N–H and O–H groups in total. The standard InChI is InChI=1S/C23H22ClNO4/c1-4-28-19-12-6-16(7-13-19)14-20-21(23(27)29-5-2)15(3)25(22(20)26)18-10-8-17(24)9-11-18/h6-14H,4-5H2,1-3H3/b20-14-. The second-order valence-electron chi connectivity index (χ2n) is 6.36. The van der Waals surface area contributed by atoms with Gasteiger partial charge in [-0.3, -0.25) is 9.69 Å². The molecule has 0 aromatic heterocycles. The van der Waals surface area contributed by atoms with E-state index in [9.17, 15) is 9.59 Å². The Morgan fingerprint density at radius 1 is 1.03 bits per heavy atom. The minimum Gasteiger partial charge on any atom is -0.494 e. The monoisotopic (exact) mass is 411 g/mol. The molecule has 0 saturated carbocycles. The summed E-state index contributed by atoms with van der Waals surface area (Å²) < 4.78 is 10.7. The molecule has 3 rings (SSSR count). The highest BCUT2D eigenvalue weighted by molar-refractivity contribution is 6.30. The van der Waals surface area contributed by atoms with Gasteiger partial charge in [0.1, 0.15) is 5.75 Å². The highest BCUT2D eigenvalue weighted by Crippen LogP contribution is 2.36. The number of halogens is 1. The highest BCUT2D eigenvalue weighted by Gasteiger charge is 2.38. The fraction of sp³-hybridized carbons (Fsp3) is 0.217. The van der Waals surface area contributed by atoms with E-state index in [1.165, 1.54) is 4.90 Å². The van der Waals surface area contributed by atoms with Crippen LogP contribution >= 0.6 is 11.6 Å². The highest BCUT2D eigenvalue weighted by atomic mass is 35.5. The van der Waals surface area contributed by atoms with Gasteiger partial charge in [0.15, 0.2) is 0 Å². The van der Waals surface area contributed by atoms with Crippen LogP contribution in [0.2, 0.25) is 5.02 Å². The lowest BCUT2D eigenvalue weighted by atomic mass is 10.0. The maximum absolute atomic E-state index is 13.2. The molecule has 0 aliphatic carbocycles. The van der Waals surface area contributed by atoms with Gasteiger partial charge >= 0.3 is 5.97 Å². The van der Waals surface area contributed by atoms with Crippen LogP contribution in [0.3, 0.4) is 0 Å². The molecule has 0 radical (unpaired) electrons. The first-order valence-electron chi connectivity index (χ1n) is 9.39. The molecule has 0 fully saturated rings. The van der Waals surface area contributed by atoms with Gasteiger partial charge in [0.25, 0.3) is 5.91 Å². The quantitative estimate of drug-likeness (QED) is 0.495. The zero-order valence-electron chi connectivity index (χ0n) is 16.6. The van der Waals surface area contributed by atoms with E-state index < -0.39 is 5.97 Å². The van der Waals surface area contributed by atoms with Crippen molar-refractivity contribution in [2.75, 3.05) is 18.1 Å². The van der Waals surface area contributed by atoms with Crippen LogP contribution in [0.15, 0.2) is 65.4 Å². The molecule has 1 aliphatic heterocycles. The average Bonchev–Trinajstić information content (AvgIpc) is 2.94. The summed E-state index contributed by atoms with van der Waals surface area (Å²) in [6.45, 7) is 6.18. The van der Waals surface area contributed by atoms with E-state index in [4.69, 9.17) is 21.1 Å². The number of benzene rings is 2. The smallest absolute Gasteiger partial charge is 0.340 e. The van der Waals surface area contributed by atoms with E-state index in [-0.39, 0.29) is 18.1 Å². The van der Waals surface area contributed by atoms with Crippen molar-refractivity contribution in [3.63, 3.8) is 0 Å². The van der Waals surface area contributed by atoms with Crippen molar-refractivity contribution in [1.29, 1.82) is 0 Å². The van der Waals surface area contributed by atoms with Gasteiger partial charge in [-0.1, -0.05) is 23.7 Å². The number of amides is 1. The van der Waals surface area contributed by atoms with Crippen LogP contribution in [-0.2, 0) is 14.3 Å². The first kappa shape index (κ1) is 20.7. The van der Waals surface area contributed by atoms with E-state index in [0.717, 1.165) is 11.3 Å². The van der Waals surface area contributed by atoms with E-state index in [0.29, 0.717) is 28.6 Å². The maximum Gasteiger partial charge on any atom is 0.340 e. The van der Waals surface area contributed by atoms with Crippen molar-refractivity contribution in [2.24, 2.45) is 0 Å². The molecule has 0 unspecified atom stereocenters. The fourth-order valence-electron chi connectivity index (χ4n) is 3.18. The van der Waals surface area contributed by atoms with Crippen molar-refractivity contribution in [2.45, 2.75) is 20.8 Å². The summed E-state index contributed by atoms with van der Waals surface area (Å²) in [5, 5.41) is 0.567. The summed E-state index contributed by atoms with van der Waals surface area (Å²) in [6.07, 6.45) is 1.70. The van der Waals surface area contributed by atoms with Crippen LogP contribution in [0.25, 0.3) is 6.08 Å². The SMILES string of the molecule is CCOC(=O)C1=C(C)N(c2ccc(Cl)cc2)C(=O)/C1=C\c1ccc(OCC)cc1. The number of hydrogen-bond donors (Lipinski definition) is 0. The number of carbonyl (C=O) groups is 2. The van der Waals surface area contributed by atoms with Gasteiger partial charge in [-0.2, -0.15) is 0 Å². The van der Waals surface area contributed by atoms with Crippen molar-refractivity contribution >= 4 is 35.2 Å². The topological polar surface area (TPSA) is 55.8 Å². The molecular weight excluding hydrogens is 390 g/mol. The molecule has 0 spiro atoms. The number of allylic oxidation sites excluding steroid dienone is 1. The number of esters is 1. The zero-order valence-corrected chi connectivity index (χ0v) is 17.3. The molecule has 150 valence electrons. The number of hydrogen-bond acceptors (Lipinski definition) is 4. The third kappa shape index (κ3) is 4.35. The molecule has 2 aromatic carbocycles. The molecule has 1 heterocycles. The number of rotatable bonds is 6. The third-order valence-electron chi connectivity index (χ3n) is 4.47. The Labute approximate surface area is 175 Å². The number of nitrogens with zero attached hydrogens (tertiary/aromatic N) is 1. The first-order chi connectivity index (χ1) is 14.0. The second-order valence-corrected chi connectivity index (χ2v) is 6.79. The van der Waals surface area contributed by atoms with E-state index in [1.54, 1.807) is 44.2 Å². The van der Waals surface area contributed by atoms with Crippen LogP contribution in [0.1, 0.15) is 26.3 Å². The Bertz CT molecular complexity index is 975. The number of ether oxygens (including phenoxy) is 2. The summed E-state index contributed by atoms with van der Waals surface area (Å²) in [4.78, 5) is 27.4. The van der Waals surface area contributed by atoms with Crippen LogP contribution in [-0.4, -0.2) is 25.1 Å². The zero-order chi connectivity index (χ0) is 21.0. The molecule has 0 saturated heterocycles. The largest absolute Gasteiger partial charge is 0.494 e. The first-order valence-corrected chi connectivity index (χ1v) is 9.77. The summed E-state index contributed by atoms with van der Waals surface area (Å²) >= 11 is 5.97. The molecule has 1 aliphatic rings. The minimum absolute atomic E-state index is 0.223. The number of anilines is 1. The van der Waals surface area contributed by atoms with Crippen molar-refractivity contribution in [1.82, 2.24) is 0 Å². The van der Waals surface area contributed by atoms with Gasteiger partial charge in [0, 0.05) is 16.4 Å². The van der Waals surface area contributed by atoms with Gasteiger partial charge in [-0.15, -0.1) is 0 Å². The van der Waals surface area contributed by atoms with Gasteiger partial charge < -0.3 is 9.47 Å². The Kier molecular flexibility index (Phi) is 6.39. The van der Waals surface area contributed by atoms with E-state index >= 15 is 0 Å². The molecule has 6 heteroatoms. The van der Waals surface area contributed by atoms with Gasteiger partial charge in [-0.25, -0.2) is 4.79 Å². The van der Waals surface area contributed by atoms with Crippen LogP contribution < -0.4 is 9.64 Å². The Balaban J connectivity index is 2.05. The molecule has 0 atom stereocenters. The Hall–Kier alpha value is -3.05. The predicted molar refractivity (Wildman–Crippen MR) is 114 cm³/mol.